The first-order chi connectivity index (χ1) is 11.3. The maximum absolute atomic E-state index is 11.3. The molecule has 1 aliphatic rings. The molecule has 8 heteroatoms. The van der Waals surface area contributed by atoms with Crippen molar-refractivity contribution in [2.75, 3.05) is 19.7 Å². The molecule has 1 rings (SSSR count). The molecule has 0 aromatic rings. The van der Waals surface area contributed by atoms with Crippen LogP contribution in [-0.4, -0.2) is 42.5 Å². The molecule has 1 fully saturated rings. The zero-order chi connectivity index (χ0) is 18.5. The lowest BCUT2D eigenvalue weighted by Gasteiger charge is -2.14. The van der Waals surface area contributed by atoms with Gasteiger partial charge in [-0.25, -0.2) is 0 Å². The van der Waals surface area contributed by atoms with E-state index in [1.807, 2.05) is 13.0 Å². The summed E-state index contributed by atoms with van der Waals surface area (Å²) in [5, 5.41) is 0. The summed E-state index contributed by atoms with van der Waals surface area (Å²) in [5.41, 5.74) is 12.8. The van der Waals surface area contributed by atoms with Crippen LogP contribution in [0.15, 0.2) is 48.9 Å². The zero-order valence-electron chi connectivity index (χ0n) is 14.0. The van der Waals surface area contributed by atoms with E-state index < -0.39 is 5.91 Å². The molecule has 1 saturated heterocycles. The van der Waals surface area contributed by atoms with Gasteiger partial charge in [0, 0.05) is 19.3 Å². The number of primary amides is 1. The molecule has 0 aliphatic carbocycles. The van der Waals surface area contributed by atoms with Crippen molar-refractivity contribution < 1.29 is 14.3 Å². The molecule has 1 aliphatic heterocycles. The van der Waals surface area contributed by atoms with E-state index in [1.165, 1.54) is 6.08 Å². The number of hydrazine groups is 1. The predicted octanol–water partition coefficient (Wildman–Crippen LogP) is -0.343. The average molecular weight is 337 g/mol. The first kappa shape index (κ1) is 21.4. The topological polar surface area (TPSA) is 137 Å². The number of amides is 2. The van der Waals surface area contributed by atoms with E-state index in [9.17, 15) is 9.59 Å². The molecule has 2 amide bonds. The number of rotatable bonds is 7. The third-order valence-electron chi connectivity index (χ3n) is 3.10. The van der Waals surface area contributed by atoms with Gasteiger partial charge in [-0.05, 0) is 25.0 Å². The molecule has 8 nitrogen and oxygen atoms in total. The van der Waals surface area contributed by atoms with Crippen LogP contribution >= 0.6 is 0 Å². The quantitative estimate of drug-likeness (QED) is 0.217. The lowest BCUT2D eigenvalue weighted by Crippen LogP contribution is -2.28. The molecule has 1 atom stereocenters. The highest BCUT2D eigenvalue weighted by Gasteiger charge is 2.25. The highest BCUT2D eigenvalue weighted by atomic mass is 16.5. The largest absolute Gasteiger partial charge is 0.393 e. The minimum absolute atomic E-state index is 0.00976. The van der Waals surface area contributed by atoms with Crippen molar-refractivity contribution in [3.05, 3.63) is 48.9 Å². The van der Waals surface area contributed by atoms with Gasteiger partial charge >= 0.3 is 0 Å². The SMILES string of the molecule is C=C/C=C(\C)COC1CCN(C(=O)C=C)C1.NN/C=C(\N)C(N)=O. The first-order valence-electron chi connectivity index (χ1n) is 7.38. The van der Waals surface area contributed by atoms with E-state index in [1.54, 1.807) is 11.0 Å². The van der Waals surface area contributed by atoms with Gasteiger partial charge in [-0.3, -0.25) is 15.4 Å². The van der Waals surface area contributed by atoms with Crippen molar-refractivity contribution in [1.82, 2.24) is 10.3 Å². The smallest absolute Gasteiger partial charge is 0.266 e. The van der Waals surface area contributed by atoms with Crippen molar-refractivity contribution in [3.63, 3.8) is 0 Å². The number of likely N-dealkylation sites (tertiary alicyclic amines) is 1. The highest BCUT2D eigenvalue weighted by Crippen LogP contribution is 2.13. The van der Waals surface area contributed by atoms with Crippen LogP contribution in [0.1, 0.15) is 13.3 Å². The Morgan fingerprint density at radius 1 is 1.38 bits per heavy atom. The van der Waals surface area contributed by atoms with Gasteiger partial charge in [-0.15, -0.1) is 0 Å². The lowest BCUT2D eigenvalue weighted by molar-refractivity contribution is -0.125. The normalized spacial score (nSPS) is 17.6. The third kappa shape index (κ3) is 8.76. The van der Waals surface area contributed by atoms with Gasteiger partial charge in [0.2, 0.25) is 5.91 Å². The van der Waals surface area contributed by atoms with Crippen molar-refractivity contribution in [3.8, 4) is 0 Å². The fourth-order valence-electron chi connectivity index (χ4n) is 1.85. The molecule has 0 aromatic heterocycles. The third-order valence-corrected chi connectivity index (χ3v) is 3.10. The molecular formula is C16H27N5O3. The molecule has 24 heavy (non-hydrogen) atoms. The lowest BCUT2D eigenvalue weighted by atomic mass is 10.3. The summed E-state index contributed by atoms with van der Waals surface area (Å²) in [6.07, 6.45) is 7.20. The first-order valence-corrected chi connectivity index (χ1v) is 7.38. The summed E-state index contributed by atoms with van der Waals surface area (Å²) in [6.45, 7) is 11.2. The summed E-state index contributed by atoms with van der Waals surface area (Å²) in [6, 6.07) is 0. The zero-order valence-corrected chi connectivity index (χ0v) is 14.0. The van der Waals surface area contributed by atoms with Crippen LogP contribution in [0, 0.1) is 0 Å². The molecular weight excluding hydrogens is 310 g/mol. The van der Waals surface area contributed by atoms with Crippen LogP contribution in [0.2, 0.25) is 0 Å². The summed E-state index contributed by atoms with van der Waals surface area (Å²) in [4.78, 5) is 23.1. The molecule has 7 N–H and O–H groups in total. The summed E-state index contributed by atoms with van der Waals surface area (Å²) >= 11 is 0. The fourth-order valence-corrected chi connectivity index (χ4v) is 1.85. The van der Waals surface area contributed by atoms with E-state index in [0.29, 0.717) is 13.2 Å². The second-order valence-electron chi connectivity index (χ2n) is 5.09. The number of hydrogen-bond donors (Lipinski definition) is 4. The Bertz CT molecular complexity index is 514. The van der Waals surface area contributed by atoms with Crippen molar-refractivity contribution in [1.29, 1.82) is 0 Å². The van der Waals surface area contributed by atoms with Crippen LogP contribution in [0.4, 0.5) is 0 Å². The number of nitrogens with one attached hydrogen (secondary N) is 1. The number of nitrogens with zero attached hydrogens (tertiary/aromatic N) is 1. The van der Waals surface area contributed by atoms with Crippen molar-refractivity contribution >= 4 is 11.8 Å². The van der Waals surface area contributed by atoms with Gasteiger partial charge in [-0.1, -0.05) is 25.3 Å². The van der Waals surface area contributed by atoms with Crippen LogP contribution in [-0.2, 0) is 14.3 Å². The summed E-state index contributed by atoms with van der Waals surface area (Å²) < 4.78 is 5.70. The number of allylic oxidation sites excluding steroid dienone is 2. The molecule has 0 spiro atoms. The van der Waals surface area contributed by atoms with Gasteiger partial charge in [0.25, 0.3) is 5.91 Å². The van der Waals surface area contributed by atoms with Gasteiger partial charge < -0.3 is 26.5 Å². The Kier molecular flexibility index (Phi) is 10.6. The van der Waals surface area contributed by atoms with Crippen molar-refractivity contribution in [2.24, 2.45) is 17.3 Å². The predicted molar refractivity (Wildman–Crippen MR) is 93.9 cm³/mol. The number of nitrogens with two attached hydrogens (primary N) is 3. The number of carbonyl (C=O) groups is 2. The maximum Gasteiger partial charge on any atom is 0.266 e. The monoisotopic (exact) mass is 337 g/mol. The molecule has 134 valence electrons. The van der Waals surface area contributed by atoms with Crippen LogP contribution < -0.4 is 22.7 Å². The molecule has 0 aromatic carbocycles. The molecule has 0 bridgehead atoms. The van der Waals surface area contributed by atoms with E-state index in [2.05, 4.69) is 18.6 Å². The van der Waals surface area contributed by atoms with Crippen LogP contribution in [0.25, 0.3) is 0 Å². The minimum Gasteiger partial charge on any atom is -0.393 e. The molecule has 1 heterocycles. The van der Waals surface area contributed by atoms with Gasteiger partial charge in [0.15, 0.2) is 0 Å². The Balaban J connectivity index is 0.000000561. The van der Waals surface area contributed by atoms with Crippen LogP contribution in [0.3, 0.4) is 0 Å². The van der Waals surface area contributed by atoms with Gasteiger partial charge in [0.05, 0.1) is 12.7 Å². The Morgan fingerprint density at radius 2 is 2.04 bits per heavy atom. The fraction of sp³-hybridized carbons (Fsp3) is 0.375. The summed E-state index contributed by atoms with van der Waals surface area (Å²) in [5.74, 6) is 4.05. The van der Waals surface area contributed by atoms with E-state index in [4.69, 9.17) is 22.0 Å². The second-order valence-corrected chi connectivity index (χ2v) is 5.09. The van der Waals surface area contributed by atoms with E-state index in [-0.39, 0.29) is 17.7 Å². The second kappa shape index (κ2) is 11.9. The van der Waals surface area contributed by atoms with E-state index >= 15 is 0 Å². The van der Waals surface area contributed by atoms with E-state index in [0.717, 1.165) is 24.7 Å². The standard InChI is InChI=1S/C13H19NO2.C3H8N4O/c1-4-6-11(3)10-16-12-7-8-14(9-12)13(15)5-2;4-2(1-7-6)3(5)8/h4-6,12H,1-2,7-10H2,3H3;1,7H,4,6H2,(H2,5,8)/b11-6+;2-1-. The van der Waals surface area contributed by atoms with Crippen LogP contribution in [0.5, 0.6) is 0 Å². The minimum atomic E-state index is -0.692. The summed E-state index contributed by atoms with van der Waals surface area (Å²) in [7, 11) is 0. The number of carbonyl (C=O) groups excluding carboxylic acids is 2. The Morgan fingerprint density at radius 3 is 2.50 bits per heavy atom. The molecule has 0 saturated carbocycles. The maximum atomic E-state index is 11.3. The van der Waals surface area contributed by atoms with Gasteiger partial charge in [0.1, 0.15) is 5.70 Å². The molecule has 0 radical (unpaired) electrons. The van der Waals surface area contributed by atoms with Gasteiger partial charge in [-0.2, -0.15) is 0 Å². The number of hydrogen-bond acceptors (Lipinski definition) is 6. The number of ether oxygens (including phenoxy) is 1. The Hall–Kier alpha value is -2.58. The average Bonchev–Trinajstić information content (AvgIpc) is 3.02. The Labute approximate surface area is 142 Å². The molecule has 1 unspecified atom stereocenters. The highest BCUT2D eigenvalue weighted by molar-refractivity contribution is 5.90. The van der Waals surface area contributed by atoms with Crippen molar-refractivity contribution in [2.45, 2.75) is 19.4 Å².